The summed E-state index contributed by atoms with van der Waals surface area (Å²) >= 11 is 0. The molecule has 0 aromatic rings. The Hall–Kier alpha value is -1.35. The quantitative estimate of drug-likeness (QED) is 0.678. The Kier molecular flexibility index (Phi) is 2.91. The number of hydrogen-bond acceptors (Lipinski definition) is 2. The van der Waals surface area contributed by atoms with Crippen molar-refractivity contribution in [3.8, 4) is 0 Å². The average molecular weight is 192 g/mol. The van der Waals surface area contributed by atoms with E-state index in [0.29, 0.717) is 0 Å². The van der Waals surface area contributed by atoms with Gasteiger partial charge in [0.2, 0.25) is 5.91 Å². The highest BCUT2D eigenvalue weighted by Crippen LogP contribution is 2.13. The van der Waals surface area contributed by atoms with Gasteiger partial charge in [0.25, 0.3) is 0 Å². The summed E-state index contributed by atoms with van der Waals surface area (Å²) in [4.78, 5) is 12.7. The molecule has 0 aromatic carbocycles. The van der Waals surface area contributed by atoms with Crippen molar-refractivity contribution in [3.05, 3.63) is 36.1 Å². The topological polar surface area (TPSA) is 46.3 Å². The largest absolute Gasteiger partial charge is 0.319 e. The number of allylic oxidation sites excluding steroid dienone is 3. The third-order valence-electron chi connectivity index (χ3n) is 2.20. The maximum atomic E-state index is 11.1. The molecule has 0 spiro atoms. The van der Waals surface area contributed by atoms with Crippen molar-refractivity contribution in [2.45, 2.75) is 19.4 Å². The van der Waals surface area contributed by atoms with Gasteiger partial charge in [-0.05, 0) is 19.1 Å². The molecule has 3 heteroatoms. The minimum absolute atomic E-state index is 0.00919. The second-order valence-corrected chi connectivity index (χ2v) is 3.73. The SMILES string of the molecule is CC(=O)N(C)C1=CC=CC(C)(N)C=C1. The minimum Gasteiger partial charge on any atom is -0.319 e. The fourth-order valence-corrected chi connectivity index (χ4v) is 1.14. The van der Waals surface area contributed by atoms with E-state index in [0.717, 1.165) is 5.70 Å². The monoisotopic (exact) mass is 192 g/mol. The fourth-order valence-electron chi connectivity index (χ4n) is 1.14. The van der Waals surface area contributed by atoms with Crippen LogP contribution >= 0.6 is 0 Å². The van der Waals surface area contributed by atoms with Gasteiger partial charge in [0.1, 0.15) is 0 Å². The molecule has 14 heavy (non-hydrogen) atoms. The van der Waals surface area contributed by atoms with Gasteiger partial charge in [-0.2, -0.15) is 0 Å². The molecular weight excluding hydrogens is 176 g/mol. The van der Waals surface area contributed by atoms with Crippen LogP contribution < -0.4 is 5.73 Å². The molecule has 2 N–H and O–H groups in total. The van der Waals surface area contributed by atoms with Crippen LogP contribution in [0.4, 0.5) is 0 Å². The molecule has 3 nitrogen and oxygen atoms in total. The van der Waals surface area contributed by atoms with Crippen LogP contribution in [-0.4, -0.2) is 23.4 Å². The van der Waals surface area contributed by atoms with Crippen molar-refractivity contribution >= 4 is 5.91 Å². The van der Waals surface area contributed by atoms with E-state index in [4.69, 9.17) is 5.73 Å². The van der Waals surface area contributed by atoms with Crippen LogP contribution in [0.1, 0.15) is 13.8 Å². The molecule has 0 heterocycles. The Balaban J connectivity index is 2.90. The number of nitrogens with two attached hydrogens (primary N) is 1. The standard InChI is InChI=1S/C11H16N2O/c1-9(14)13(3)10-5-4-7-11(2,12)8-6-10/h4-8H,12H2,1-3H3. The van der Waals surface area contributed by atoms with Crippen LogP contribution in [-0.2, 0) is 4.79 Å². The number of nitrogens with zero attached hydrogens (tertiary/aromatic N) is 1. The molecule has 0 bridgehead atoms. The van der Waals surface area contributed by atoms with Gasteiger partial charge in [0.15, 0.2) is 0 Å². The van der Waals surface area contributed by atoms with Gasteiger partial charge in [0.05, 0.1) is 5.54 Å². The summed E-state index contributed by atoms with van der Waals surface area (Å²) in [7, 11) is 1.74. The maximum Gasteiger partial charge on any atom is 0.223 e. The Labute approximate surface area is 84.6 Å². The fraction of sp³-hybridized carbons (Fsp3) is 0.364. The van der Waals surface area contributed by atoms with E-state index in [2.05, 4.69) is 0 Å². The van der Waals surface area contributed by atoms with Gasteiger partial charge < -0.3 is 10.6 Å². The molecule has 0 aromatic heterocycles. The number of likely N-dealkylation sites (N-methyl/N-ethyl adjacent to an activating group) is 1. The van der Waals surface area contributed by atoms with E-state index in [-0.39, 0.29) is 5.91 Å². The van der Waals surface area contributed by atoms with Gasteiger partial charge in [0, 0.05) is 19.7 Å². The van der Waals surface area contributed by atoms with Crippen molar-refractivity contribution in [1.82, 2.24) is 4.90 Å². The second kappa shape index (κ2) is 3.80. The molecule has 1 aliphatic carbocycles. The average Bonchev–Trinajstić information content (AvgIpc) is 2.25. The molecule has 1 amide bonds. The van der Waals surface area contributed by atoms with Crippen LogP contribution in [0.5, 0.6) is 0 Å². The Morgan fingerprint density at radius 2 is 2.14 bits per heavy atom. The first-order valence-corrected chi connectivity index (χ1v) is 4.54. The van der Waals surface area contributed by atoms with Crippen LogP contribution in [0.25, 0.3) is 0 Å². The molecule has 0 radical (unpaired) electrons. The molecule has 76 valence electrons. The molecule has 0 aliphatic heterocycles. The number of carbonyl (C=O) groups is 1. The lowest BCUT2D eigenvalue weighted by Gasteiger charge is -2.16. The number of carbonyl (C=O) groups excluding carboxylic acids is 1. The van der Waals surface area contributed by atoms with Crippen LogP contribution in [0.3, 0.4) is 0 Å². The van der Waals surface area contributed by atoms with Crippen molar-refractivity contribution in [3.63, 3.8) is 0 Å². The zero-order valence-corrected chi connectivity index (χ0v) is 8.82. The van der Waals surface area contributed by atoms with Crippen LogP contribution in [0.15, 0.2) is 36.1 Å². The summed E-state index contributed by atoms with van der Waals surface area (Å²) < 4.78 is 0. The second-order valence-electron chi connectivity index (χ2n) is 3.73. The summed E-state index contributed by atoms with van der Waals surface area (Å²) in [6, 6.07) is 0. The summed E-state index contributed by atoms with van der Waals surface area (Å²) in [6.07, 6.45) is 9.37. The summed E-state index contributed by atoms with van der Waals surface area (Å²) in [5.74, 6) is 0.00919. The normalized spacial score (nSPS) is 25.6. The predicted molar refractivity (Wildman–Crippen MR) is 57.4 cm³/mol. The Morgan fingerprint density at radius 1 is 1.50 bits per heavy atom. The minimum atomic E-state index is -0.435. The van der Waals surface area contributed by atoms with Gasteiger partial charge >= 0.3 is 0 Å². The third kappa shape index (κ3) is 2.57. The van der Waals surface area contributed by atoms with Crippen molar-refractivity contribution in [2.24, 2.45) is 5.73 Å². The van der Waals surface area contributed by atoms with Crippen molar-refractivity contribution in [2.75, 3.05) is 7.05 Å². The third-order valence-corrected chi connectivity index (χ3v) is 2.20. The Morgan fingerprint density at radius 3 is 2.71 bits per heavy atom. The first-order chi connectivity index (χ1) is 6.42. The number of hydrogen-bond donors (Lipinski definition) is 1. The zero-order valence-electron chi connectivity index (χ0n) is 8.82. The molecule has 1 unspecified atom stereocenters. The van der Waals surface area contributed by atoms with Gasteiger partial charge in [-0.25, -0.2) is 0 Å². The summed E-state index contributed by atoms with van der Waals surface area (Å²) in [5.41, 5.74) is 6.32. The highest BCUT2D eigenvalue weighted by molar-refractivity contribution is 5.75. The molecule has 0 saturated heterocycles. The first-order valence-electron chi connectivity index (χ1n) is 4.54. The highest BCUT2D eigenvalue weighted by Gasteiger charge is 2.13. The molecular formula is C11H16N2O. The van der Waals surface area contributed by atoms with Gasteiger partial charge in [-0.3, -0.25) is 4.79 Å². The van der Waals surface area contributed by atoms with Crippen LogP contribution in [0.2, 0.25) is 0 Å². The first kappa shape index (κ1) is 10.7. The molecule has 1 atom stereocenters. The molecule has 0 saturated carbocycles. The smallest absolute Gasteiger partial charge is 0.223 e. The lowest BCUT2D eigenvalue weighted by molar-refractivity contribution is -0.125. The van der Waals surface area contributed by atoms with Crippen molar-refractivity contribution in [1.29, 1.82) is 0 Å². The summed E-state index contributed by atoms with van der Waals surface area (Å²) in [6.45, 7) is 3.44. The molecule has 0 fully saturated rings. The van der Waals surface area contributed by atoms with Gasteiger partial charge in [-0.1, -0.05) is 18.2 Å². The number of rotatable bonds is 1. The predicted octanol–water partition coefficient (Wildman–Crippen LogP) is 1.19. The van der Waals surface area contributed by atoms with E-state index in [1.807, 2.05) is 37.3 Å². The Bertz CT molecular complexity index is 324. The van der Waals surface area contributed by atoms with E-state index >= 15 is 0 Å². The molecule has 1 rings (SSSR count). The highest BCUT2D eigenvalue weighted by atomic mass is 16.2. The van der Waals surface area contributed by atoms with Crippen LogP contribution in [0, 0.1) is 0 Å². The maximum absolute atomic E-state index is 11.1. The van der Waals surface area contributed by atoms with E-state index in [9.17, 15) is 4.79 Å². The van der Waals surface area contributed by atoms with E-state index in [1.165, 1.54) is 6.92 Å². The van der Waals surface area contributed by atoms with E-state index in [1.54, 1.807) is 11.9 Å². The zero-order chi connectivity index (χ0) is 10.8. The molecule has 1 aliphatic rings. The lowest BCUT2D eigenvalue weighted by Crippen LogP contribution is -2.30. The van der Waals surface area contributed by atoms with Gasteiger partial charge in [-0.15, -0.1) is 0 Å². The van der Waals surface area contributed by atoms with E-state index < -0.39 is 5.54 Å². The lowest BCUT2D eigenvalue weighted by atomic mass is 10.0. The summed E-state index contributed by atoms with van der Waals surface area (Å²) in [5, 5.41) is 0. The number of amides is 1. The van der Waals surface area contributed by atoms with Crippen molar-refractivity contribution < 1.29 is 4.79 Å².